The number of hydrogen-bond donors (Lipinski definition) is 1. The highest BCUT2D eigenvalue weighted by atomic mass is 79.9. The molecule has 1 nitrogen and oxygen atoms in total. The van der Waals surface area contributed by atoms with Gasteiger partial charge in [-0.2, -0.15) is 0 Å². The van der Waals surface area contributed by atoms with Crippen LogP contribution in [0.25, 0.3) is 0 Å². The number of nitrogens with two attached hydrogens (primary N) is 1. The standard InChI is InChI=1S/C8H6BrF2NS/c9-5-1-2-6(10)4(8(5)11)3-7(12)13/h1-2H,3H2,(H2,12,13). The Morgan fingerprint density at radius 2 is 2.08 bits per heavy atom. The summed E-state index contributed by atoms with van der Waals surface area (Å²) in [5.41, 5.74) is 5.10. The molecule has 0 amide bonds. The molecule has 1 aromatic rings. The molecule has 0 radical (unpaired) electrons. The van der Waals surface area contributed by atoms with E-state index in [1.165, 1.54) is 12.1 Å². The predicted molar refractivity (Wildman–Crippen MR) is 54.5 cm³/mol. The van der Waals surface area contributed by atoms with Crippen LogP contribution in [0.15, 0.2) is 16.6 Å². The molecule has 0 aliphatic rings. The fraction of sp³-hybridized carbons (Fsp3) is 0.125. The first-order valence-electron chi connectivity index (χ1n) is 3.43. The molecule has 0 fully saturated rings. The van der Waals surface area contributed by atoms with Crippen molar-refractivity contribution in [3.8, 4) is 0 Å². The van der Waals surface area contributed by atoms with Crippen LogP contribution in [0.3, 0.4) is 0 Å². The van der Waals surface area contributed by atoms with Crippen LogP contribution in [0, 0.1) is 11.6 Å². The monoisotopic (exact) mass is 265 g/mol. The summed E-state index contributed by atoms with van der Waals surface area (Å²) in [6, 6.07) is 2.47. The first-order valence-corrected chi connectivity index (χ1v) is 4.63. The van der Waals surface area contributed by atoms with Gasteiger partial charge in [-0.15, -0.1) is 0 Å². The smallest absolute Gasteiger partial charge is 0.143 e. The van der Waals surface area contributed by atoms with Crippen molar-refractivity contribution in [1.82, 2.24) is 0 Å². The molecule has 0 saturated heterocycles. The van der Waals surface area contributed by atoms with Crippen molar-refractivity contribution in [3.05, 3.63) is 33.8 Å². The Morgan fingerprint density at radius 1 is 1.46 bits per heavy atom. The molecule has 0 unspecified atom stereocenters. The molecule has 2 N–H and O–H groups in total. The quantitative estimate of drug-likeness (QED) is 0.657. The van der Waals surface area contributed by atoms with Crippen molar-refractivity contribution in [1.29, 1.82) is 0 Å². The van der Waals surface area contributed by atoms with Crippen molar-refractivity contribution in [2.45, 2.75) is 6.42 Å². The van der Waals surface area contributed by atoms with Crippen LogP contribution in [-0.4, -0.2) is 4.99 Å². The van der Waals surface area contributed by atoms with Crippen molar-refractivity contribution in [2.75, 3.05) is 0 Å². The van der Waals surface area contributed by atoms with Gasteiger partial charge in [0.2, 0.25) is 0 Å². The van der Waals surface area contributed by atoms with Gasteiger partial charge in [-0.25, -0.2) is 8.78 Å². The molecule has 1 rings (SSSR count). The Morgan fingerprint density at radius 3 is 2.62 bits per heavy atom. The van der Waals surface area contributed by atoms with Crippen LogP contribution in [0.1, 0.15) is 5.56 Å². The summed E-state index contributed by atoms with van der Waals surface area (Å²) >= 11 is 7.51. The van der Waals surface area contributed by atoms with Crippen LogP contribution in [0.5, 0.6) is 0 Å². The molecular weight excluding hydrogens is 260 g/mol. The maximum atomic E-state index is 13.2. The van der Waals surface area contributed by atoms with Crippen LogP contribution >= 0.6 is 28.1 Å². The molecule has 13 heavy (non-hydrogen) atoms. The fourth-order valence-electron chi connectivity index (χ4n) is 0.905. The second kappa shape index (κ2) is 4.11. The average Bonchev–Trinajstić information content (AvgIpc) is 2.05. The molecule has 0 aliphatic carbocycles. The van der Waals surface area contributed by atoms with E-state index in [1.54, 1.807) is 0 Å². The van der Waals surface area contributed by atoms with Crippen LogP contribution in [0.2, 0.25) is 0 Å². The van der Waals surface area contributed by atoms with Crippen LogP contribution in [0.4, 0.5) is 8.78 Å². The van der Waals surface area contributed by atoms with E-state index in [0.717, 1.165) is 0 Å². The van der Waals surface area contributed by atoms with Gasteiger partial charge in [0.05, 0.1) is 9.46 Å². The van der Waals surface area contributed by atoms with Gasteiger partial charge in [0.15, 0.2) is 0 Å². The molecule has 0 spiro atoms. The molecule has 0 atom stereocenters. The van der Waals surface area contributed by atoms with Crippen LogP contribution < -0.4 is 5.73 Å². The average molecular weight is 266 g/mol. The van der Waals surface area contributed by atoms with Gasteiger partial charge < -0.3 is 5.73 Å². The highest BCUT2D eigenvalue weighted by molar-refractivity contribution is 9.10. The lowest BCUT2D eigenvalue weighted by molar-refractivity contribution is 0.560. The first-order chi connectivity index (χ1) is 6.02. The highest BCUT2D eigenvalue weighted by Gasteiger charge is 2.12. The van der Waals surface area contributed by atoms with E-state index >= 15 is 0 Å². The van der Waals surface area contributed by atoms with Crippen molar-refractivity contribution < 1.29 is 8.78 Å². The maximum Gasteiger partial charge on any atom is 0.143 e. The third kappa shape index (κ3) is 2.45. The van der Waals surface area contributed by atoms with E-state index in [2.05, 4.69) is 28.1 Å². The minimum absolute atomic E-state index is 0.0631. The highest BCUT2D eigenvalue weighted by Crippen LogP contribution is 2.21. The van der Waals surface area contributed by atoms with E-state index in [0.29, 0.717) is 0 Å². The molecule has 0 bridgehead atoms. The van der Waals surface area contributed by atoms with Gasteiger partial charge >= 0.3 is 0 Å². The van der Waals surface area contributed by atoms with E-state index in [1.807, 2.05) is 0 Å². The van der Waals surface area contributed by atoms with E-state index in [-0.39, 0.29) is 21.4 Å². The van der Waals surface area contributed by atoms with Gasteiger partial charge in [0, 0.05) is 12.0 Å². The Balaban J connectivity index is 3.17. The molecule has 0 aromatic heterocycles. The van der Waals surface area contributed by atoms with Crippen LogP contribution in [-0.2, 0) is 6.42 Å². The summed E-state index contributed by atoms with van der Waals surface area (Å²) in [5.74, 6) is -1.28. The molecule has 0 aliphatic heterocycles. The molecule has 0 heterocycles. The summed E-state index contributed by atoms with van der Waals surface area (Å²) in [6.07, 6.45) is -0.0631. The lowest BCUT2D eigenvalue weighted by Gasteiger charge is -2.04. The molecule has 70 valence electrons. The van der Waals surface area contributed by atoms with Crippen molar-refractivity contribution in [3.63, 3.8) is 0 Å². The Bertz CT molecular complexity index is 354. The zero-order valence-electron chi connectivity index (χ0n) is 6.48. The SMILES string of the molecule is NC(=S)Cc1c(F)ccc(Br)c1F. The van der Waals surface area contributed by atoms with E-state index in [9.17, 15) is 8.78 Å². The summed E-state index contributed by atoms with van der Waals surface area (Å²) in [7, 11) is 0. The second-order valence-corrected chi connectivity index (χ2v) is 3.84. The van der Waals surface area contributed by atoms with Gasteiger partial charge in [0.25, 0.3) is 0 Å². The van der Waals surface area contributed by atoms with Gasteiger partial charge in [0.1, 0.15) is 11.6 Å². The fourth-order valence-corrected chi connectivity index (χ4v) is 1.42. The first kappa shape index (κ1) is 10.5. The number of halogens is 3. The third-order valence-electron chi connectivity index (χ3n) is 1.49. The minimum atomic E-state index is -0.646. The zero-order chi connectivity index (χ0) is 10.0. The summed E-state index contributed by atoms with van der Waals surface area (Å²) < 4.78 is 26.4. The van der Waals surface area contributed by atoms with Gasteiger partial charge in [-0.3, -0.25) is 0 Å². The number of hydrogen-bond acceptors (Lipinski definition) is 1. The molecule has 0 saturated carbocycles. The van der Waals surface area contributed by atoms with Gasteiger partial charge in [-0.1, -0.05) is 12.2 Å². The number of rotatable bonds is 2. The predicted octanol–water partition coefficient (Wildman–Crippen LogP) is 2.56. The summed E-state index contributed by atoms with van der Waals surface area (Å²) in [6.45, 7) is 0. The number of thiocarbonyl (C=S) groups is 1. The minimum Gasteiger partial charge on any atom is -0.393 e. The van der Waals surface area contributed by atoms with Gasteiger partial charge in [-0.05, 0) is 28.1 Å². The second-order valence-electron chi connectivity index (χ2n) is 2.46. The van der Waals surface area contributed by atoms with Crippen molar-refractivity contribution in [2.24, 2.45) is 5.73 Å². The Kier molecular flexibility index (Phi) is 3.33. The summed E-state index contributed by atoms with van der Waals surface area (Å²) in [4.78, 5) is 0.0656. The molecule has 5 heteroatoms. The van der Waals surface area contributed by atoms with E-state index in [4.69, 9.17) is 5.73 Å². The lowest BCUT2D eigenvalue weighted by Crippen LogP contribution is -2.13. The normalized spacial score (nSPS) is 10.1. The Labute approximate surface area is 88.1 Å². The third-order valence-corrected chi connectivity index (χ3v) is 2.25. The van der Waals surface area contributed by atoms with Crippen molar-refractivity contribution >= 4 is 33.1 Å². The van der Waals surface area contributed by atoms with E-state index < -0.39 is 11.6 Å². The molecule has 1 aromatic carbocycles. The topological polar surface area (TPSA) is 26.0 Å². The Hall–Kier alpha value is -0.550. The zero-order valence-corrected chi connectivity index (χ0v) is 8.88. The largest absolute Gasteiger partial charge is 0.393 e. The number of benzene rings is 1. The summed E-state index contributed by atoms with van der Waals surface area (Å²) in [5, 5.41) is 0. The lowest BCUT2D eigenvalue weighted by atomic mass is 10.1. The molecular formula is C8H6BrF2NS. The maximum absolute atomic E-state index is 13.2.